The molecule has 3 aromatic rings. The van der Waals surface area contributed by atoms with Crippen molar-refractivity contribution in [2.24, 2.45) is 0 Å². The summed E-state index contributed by atoms with van der Waals surface area (Å²) in [5.74, 6) is 0.554. The number of fused-ring (bicyclic) bond motifs is 2. The third-order valence-electron chi connectivity index (χ3n) is 4.02. The maximum absolute atomic E-state index is 11.9. The molecule has 0 aliphatic carbocycles. The number of H-pyrrole nitrogens is 1. The molecule has 1 N–H and O–H groups in total. The molecule has 23 heavy (non-hydrogen) atoms. The Hall–Kier alpha value is -3.15. The topological polar surface area (TPSA) is 75.3 Å². The second-order valence-electron chi connectivity index (χ2n) is 5.37. The number of aromatic amines is 1. The molecule has 4 rings (SSSR count). The molecule has 0 radical (unpaired) electrons. The average molecular weight is 307 g/mol. The van der Waals surface area contributed by atoms with Crippen LogP contribution in [0.4, 0.5) is 5.69 Å². The van der Waals surface area contributed by atoms with E-state index in [0.717, 1.165) is 10.9 Å². The first kappa shape index (κ1) is 13.5. The third-order valence-corrected chi connectivity index (χ3v) is 4.02. The first-order valence-electron chi connectivity index (χ1n) is 7.16. The highest BCUT2D eigenvalue weighted by Crippen LogP contribution is 2.36. The number of anilines is 1. The van der Waals surface area contributed by atoms with Gasteiger partial charge in [-0.05, 0) is 24.3 Å². The number of amides is 1. The second kappa shape index (κ2) is 4.95. The van der Waals surface area contributed by atoms with Crippen molar-refractivity contribution < 1.29 is 9.53 Å². The lowest BCUT2D eigenvalue weighted by Crippen LogP contribution is -2.35. The van der Waals surface area contributed by atoms with Gasteiger partial charge < -0.3 is 9.64 Å². The molecule has 0 unspecified atom stereocenters. The van der Waals surface area contributed by atoms with Gasteiger partial charge >= 0.3 is 0 Å². The van der Waals surface area contributed by atoms with Gasteiger partial charge in [0.25, 0.3) is 11.5 Å². The molecule has 2 heterocycles. The molecule has 2 aromatic carbocycles. The molecule has 1 amide bonds. The Bertz CT molecular complexity index is 994. The van der Waals surface area contributed by atoms with Gasteiger partial charge in [0.2, 0.25) is 0 Å². The number of aromatic nitrogens is 2. The van der Waals surface area contributed by atoms with Crippen LogP contribution < -0.4 is 15.2 Å². The Balaban J connectivity index is 1.95. The molecule has 6 heteroatoms. The van der Waals surface area contributed by atoms with Crippen LogP contribution in [0.25, 0.3) is 22.0 Å². The number of carbonyl (C=O) groups is 1. The van der Waals surface area contributed by atoms with Gasteiger partial charge in [-0.25, -0.2) is 5.10 Å². The van der Waals surface area contributed by atoms with Gasteiger partial charge in [-0.15, -0.1) is 0 Å². The Morgan fingerprint density at radius 3 is 2.74 bits per heavy atom. The van der Waals surface area contributed by atoms with Crippen molar-refractivity contribution in [3.05, 3.63) is 52.8 Å². The zero-order valence-electron chi connectivity index (χ0n) is 12.4. The van der Waals surface area contributed by atoms with Crippen LogP contribution in [-0.4, -0.2) is 29.8 Å². The number of carbonyl (C=O) groups excluding carboxylic acids is 1. The Kier molecular flexibility index (Phi) is 2.90. The van der Waals surface area contributed by atoms with E-state index < -0.39 is 0 Å². The lowest BCUT2D eigenvalue weighted by atomic mass is 10.0. The maximum atomic E-state index is 11.9. The number of hydrogen-bond donors (Lipinski definition) is 1. The van der Waals surface area contributed by atoms with Crippen LogP contribution in [0, 0.1) is 0 Å². The number of likely N-dealkylation sites (N-methyl/N-ethyl adjacent to an activating group) is 1. The van der Waals surface area contributed by atoms with Crippen LogP contribution in [0.15, 0.2) is 47.3 Å². The van der Waals surface area contributed by atoms with Gasteiger partial charge in [0.1, 0.15) is 5.75 Å². The lowest BCUT2D eigenvalue weighted by molar-refractivity contribution is -0.120. The van der Waals surface area contributed by atoms with Crippen LogP contribution in [0.5, 0.6) is 5.75 Å². The van der Waals surface area contributed by atoms with Crippen LogP contribution in [0.3, 0.4) is 0 Å². The van der Waals surface area contributed by atoms with E-state index in [9.17, 15) is 9.59 Å². The molecule has 0 atom stereocenters. The minimum Gasteiger partial charge on any atom is -0.482 e. The van der Waals surface area contributed by atoms with Crippen LogP contribution in [0.2, 0.25) is 0 Å². The van der Waals surface area contributed by atoms with Crippen molar-refractivity contribution in [3.8, 4) is 17.0 Å². The van der Waals surface area contributed by atoms with Crippen LogP contribution in [-0.2, 0) is 4.79 Å². The van der Waals surface area contributed by atoms with Crippen molar-refractivity contribution in [2.75, 3.05) is 18.6 Å². The van der Waals surface area contributed by atoms with Gasteiger partial charge in [-0.1, -0.05) is 18.2 Å². The van der Waals surface area contributed by atoms with Crippen molar-refractivity contribution in [2.45, 2.75) is 0 Å². The van der Waals surface area contributed by atoms with Crippen molar-refractivity contribution >= 4 is 22.4 Å². The maximum Gasteiger partial charge on any atom is 0.272 e. The minimum atomic E-state index is -0.224. The zero-order chi connectivity index (χ0) is 16.0. The van der Waals surface area contributed by atoms with E-state index in [1.54, 1.807) is 18.0 Å². The van der Waals surface area contributed by atoms with E-state index in [4.69, 9.17) is 4.74 Å². The fourth-order valence-corrected chi connectivity index (χ4v) is 2.75. The smallest absolute Gasteiger partial charge is 0.272 e. The van der Waals surface area contributed by atoms with Gasteiger partial charge in [0, 0.05) is 18.0 Å². The molecule has 1 aliphatic heterocycles. The molecule has 1 aromatic heterocycles. The summed E-state index contributed by atoms with van der Waals surface area (Å²) in [7, 11) is 1.71. The zero-order valence-corrected chi connectivity index (χ0v) is 12.4. The Morgan fingerprint density at radius 1 is 1.13 bits per heavy atom. The van der Waals surface area contributed by atoms with E-state index in [1.807, 2.05) is 36.4 Å². The average Bonchev–Trinajstić information content (AvgIpc) is 2.59. The molecule has 0 bridgehead atoms. The SMILES string of the molecule is CN1C(=O)COc2ccc(-c3n[nH]c(=O)c4ccccc34)cc21. The lowest BCUT2D eigenvalue weighted by Gasteiger charge is -2.26. The molecule has 6 nitrogen and oxygen atoms in total. The summed E-state index contributed by atoms with van der Waals surface area (Å²) in [5, 5.41) is 8.06. The number of nitrogens with zero attached hydrogens (tertiary/aromatic N) is 2. The number of rotatable bonds is 1. The number of nitrogens with one attached hydrogen (secondary N) is 1. The quantitative estimate of drug-likeness (QED) is 0.745. The molecule has 0 saturated carbocycles. The summed E-state index contributed by atoms with van der Waals surface area (Å²) in [4.78, 5) is 25.3. The van der Waals surface area contributed by atoms with Crippen LogP contribution in [0.1, 0.15) is 0 Å². The fourth-order valence-electron chi connectivity index (χ4n) is 2.75. The van der Waals surface area contributed by atoms with E-state index >= 15 is 0 Å². The van der Waals surface area contributed by atoms with Crippen molar-refractivity contribution in [3.63, 3.8) is 0 Å². The highest BCUT2D eigenvalue weighted by Gasteiger charge is 2.23. The largest absolute Gasteiger partial charge is 0.482 e. The molecule has 114 valence electrons. The van der Waals surface area contributed by atoms with E-state index in [1.165, 1.54) is 0 Å². The van der Waals surface area contributed by atoms with E-state index in [-0.39, 0.29) is 18.1 Å². The van der Waals surface area contributed by atoms with Crippen LogP contribution >= 0.6 is 0 Å². The summed E-state index contributed by atoms with van der Waals surface area (Å²) in [6.45, 7) is 0.0443. The normalized spacial score (nSPS) is 13.8. The predicted octanol–water partition coefficient (Wildman–Crippen LogP) is 1.95. The molecular weight excluding hydrogens is 294 g/mol. The predicted molar refractivity (Wildman–Crippen MR) is 86.7 cm³/mol. The number of hydrogen-bond acceptors (Lipinski definition) is 4. The van der Waals surface area contributed by atoms with Gasteiger partial charge in [-0.3, -0.25) is 9.59 Å². The highest BCUT2D eigenvalue weighted by molar-refractivity contribution is 5.99. The first-order valence-corrected chi connectivity index (χ1v) is 7.16. The van der Waals surface area contributed by atoms with Gasteiger partial charge in [0.15, 0.2) is 6.61 Å². The number of benzene rings is 2. The molecule has 0 saturated heterocycles. The third kappa shape index (κ3) is 2.07. The Morgan fingerprint density at radius 2 is 1.91 bits per heavy atom. The summed E-state index contributed by atoms with van der Waals surface area (Å²) < 4.78 is 5.43. The van der Waals surface area contributed by atoms with E-state index in [2.05, 4.69) is 10.2 Å². The Labute approximate surface area is 131 Å². The van der Waals surface area contributed by atoms with Gasteiger partial charge in [0.05, 0.1) is 16.8 Å². The van der Waals surface area contributed by atoms with E-state index in [0.29, 0.717) is 22.5 Å². The standard InChI is InChI=1S/C17H13N3O3/c1-20-13-8-10(6-7-14(13)23-9-15(20)21)16-11-4-2-3-5-12(11)17(22)19-18-16/h2-8H,9H2,1H3,(H,19,22). The fraction of sp³-hybridized carbons (Fsp3) is 0.118. The van der Waals surface area contributed by atoms with Crippen molar-refractivity contribution in [1.29, 1.82) is 0 Å². The molecule has 0 fully saturated rings. The monoisotopic (exact) mass is 307 g/mol. The second-order valence-corrected chi connectivity index (χ2v) is 5.37. The molecule has 1 aliphatic rings. The summed E-state index contributed by atoms with van der Waals surface area (Å²) >= 11 is 0. The summed E-state index contributed by atoms with van der Waals surface area (Å²) in [6, 6.07) is 12.8. The number of ether oxygens (including phenoxy) is 1. The molecule has 0 spiro atoms. The summed E-state index contributed by atoms with van der Waals surface area (Å²) in [5.41, 5.74) is 1.93. The molecular formula is C17H13N3O3. The highest BCUT2D eigenvalue weighted by atomic mass is 16.5. The minimum absolute atomic E-state index is 0.0443. The van der Waals surface area contributed by atoms with Gasteiger partial charge in [-0.2, -0.15) is 5.10 Å². The summed E-state index contributed by atoms with van der Waals surface area (Å²) in [6.07, 6.45) is 0. The first-order chi connectivity index (χ1) is 11.1. The van der Waals surface area contributed by atoms with Crippen molar-refractivity contribution in [1.82, 2.24) is 10.2 Å².